The Morgan fingerprint density at radius 3 is 2.50 bits per heavy atom. The van der Waals surface area contributed by atoms with E-state index in [1.807, 2.05) is 6.92 Å². The summed E-state index contributed by atoms with van der Waals surface area (Å²) in [6, 6.07) is 0. The standard InChI is InChI=1S/C11H23NO2/c1-4-6-7-10(5-2)11(14)12-8-9(3)13/h9-10,13H,4-8H2,1-3H3,(H,12,14)/t9-,10+/m1/s1. The zero-order valence-electron chi connectivity index (χ0n) is 9.55. The van der Waals surface area contributed by atoms with E-state index in [1.54, 1.807) is 6.92 Å². The molecular formula is C11H23NO2. The molecule has 1 amide bonds. The van der Waals surface area contributed by atoms with Gasteiger partial charge in [0.2, 0.25) is 5.91 Å². The Hall–Kier alpha value is -0.570. The van der Waals surface area contributed by atoms with Gasteiger partial charge in [-0.25, -0.2) is 0 Å². The van der Waals surface area contributed by atoms with Gasteiger partial charge in [0.1, 0.15) is 0 Å². The second-order valence-corrected chi connectivity index (χ2v) is 3.84. The van der Waals surface area contributed by atoms with E-state index >= 15 is 0 Å². The smallest absolute Gasteiger partial charge is 0.223 e. The number of hydrogen-bond donors (Lipinski definition) is 2. The summed E-state index contributed by atoms with van der Waals surface area (Å²) in [6.07, 6.45) is 3.60. The van der Waals surface area contributed by atoms with Crippen LogP contribution in [0.15, 0.2) is 0 Å². The monoisotopic (exact) mass is 201 g/mol. The van der Waals surface area contributed by atoms with Crippen LogP contribution < -0.4 is 5.32 Å². The largest absolute Gasteiger partial charge is 0.392 e. The second-order valence-electron chi connectivity index (χ2n) is 3.84. The minimum absolute atomic E-state index is 0.0850. The van der Waals surface area contributed by atoms with Gasteiger partial charge in [0.25, 0.3) is 0 Å². The molecule has 0 aliphatic carbocycles. The molecule has 0 saturated carbocycles. The van der Waals surface area contributed by atoms with Gasteiger partial charge in [0.05, 0.1) is 6.10 Å². The van der Waals surface area contributed by atoms with Crippen molar-refractivity contribution >= 4 is 5.91 Å². The highest BCUT2D eigenvalue weighted by Gasteiger charge is 2.15. The number of aliphatic hydroxyl groups is 1. The fraction of sp³-hybridized carbons (Fsp3) is 0.909. The molecule has 84 valence electrons. The number of hydrogen-bond acceptors (Lipinski definition) is 2. The van der Waals surface area contributed by atoms with Crippen LogP contribution in [-0.2, 0) is 4.79 Å². The van der Waals surface area contributed by atoms with Crippen molar-refractivity contribution in [3.63, 3.8) is 0 Å². The third-order valence-electron chi connectivity index (χ3n) is 2.34. The molecule has 0 aromatic carbocycles. The molecule has 0 aromatic heterocycles. The highest BCUT2D eigenvalue weighted by atomic mass is 16.3. The quantitative estimate of drug-likeness (QED) is 0.658. The van der Waals surface area contributed by atoms with Gasteiger partial charge >= 0.3 is 0 Å². The molecule has 0 bridgehead atoms. The molecule has 2 N–H and O–H groups in total. The summed E-state index contributed by atoms with van der Waals surface area (Å²) in [6.45, 7) is 6.19. The molecule has 0 unspecified atom stereocenters. The van der Waals surface area contributed by atoms with Crippen LogP contribution in [0.3, 0.4) is 0 Å². The van der Waals surface area contributed by atoms with Crippen LogP contribution in [0.2, 0.25) is 0 Å². The Morgan fingerprint density at radius 2 is 2.07 bits per heavy atom. The van der Waals surface area contributed by atoms with E-state index in [4.69, 9.17) is 5.11 Å². The number of rotatable bonds is 7. The lowest BCUT2D eigenvalue weighted by Gasteiger charge is -2.15. The first-order valence-corrected chi connectivity index (χ1v) is 5.57. The van der Waals surface area contributed by atoms with E-state index in [0.29, 0.717) is 6.54 Å². The maximum Gasteiger partial charge on any atom is 0.223 e. The van der Waals surface area contributed by atoms with Crippen molar-refractivity contribution in [1.29, 1.82) is 0 Å². The molecule has 14 heavy (non-hydrogen) atoms. The highest BCUT2D eigenvalue weighted by Crippen LogP contribution is 2.12. The van der Waals surface area contributed by atoms with Crippen molar-refractivity contribution in [2.45, 2.75) is 52.6 Å². The number of nitrogens with one attached hydrogen (secondary N) is 1. The van der Waals surface area contributed by atoms with E-state index in [9.17, 15) is 4.79 Å². The topological polar surface area (TPSA) is 49.3 Å². The van der Waals surface area contributed by atoms with Crippen LogP contribution in [-0.4, -0.2) is 23.7 Å². The normalized spacial score (nSPS) is 14.9. The minimum atomic E-state index is -0.456. The third-order valence-corrected chi connectivity index (χ3v) is 2.34. The maximum absolute atomic E-state index is 11.6. The molecule has 0 heterocycles. The lowest BCUT2D eigenvalue weighted by Crippen LogP contribution is -2.35. The van der Waals surface area contributed by atoms with Gasteiger partial charge in [0, 0.05) is 12.5 Å². The Kier molecular flexibility index (Phi) is 7.48. The molecule has 3 heteroatoms. The van der Waals surface area contributed by atoms with Crippen molar-refractivity contribution in [3.05, 3.63) is 0 Å². The van der Waals surface area contributed by atoms with Crippen molar-refractivity contribution in [1.82, 2.24) is 5.32 Å². The average molecular weight is 201 g/mol. The summed E-state index contributed by atoms with van der Waals surface area (Å²) in [5.74, 6) is 0.204. The van der Waals surface area contributed by atoms with Gasteiger partial charge in [-0.1, -0.05) is 26.7 Å². The molecule has 0 spiro atoms. The zero-order valence-corrected chi connectivity index (χ0v) is 9.55. The van der Waals surface area contributed by atoms with Gasteiger partial charge in [-0.05, 0) is 19.8 Å². The van der Waals surface area contributed by atoms with Gasteiger partial charge in [0.15, 0.2) is 0 Å². The number of aliphatic hydroxyl groups excluding tert-OH is 1. The van der Waals surface area contributed by atoms with Crippen molar-refractivity contribution in [2.75, 3.05) is 6.54 Å². The number of carbonyl (C=O) groups excluding carboxylic acids is 1. The Labute approximate surface area is 86.9 Å². The van der Waals surface area contributed by atoms with Crippen LogP contribution in [0.4, 0.5) is 0 Å². The molecule has 0 rings (SSSR count). The lowest BCUT2D eigenvalue weighted by molar-refractivity contribution is -0.125. The Bertz CT molecular complexity index is 157. The molecule has 0 fully saturated rings. The molecule has 2 atom stereocenters. The van der Waals surface area contributed by atoms with Crippen LogP contribution in [0.25, 0.3) is 0 Å². The number of amides is 1. The highest BCUT2D eigenvalue weighted by molar-refractivity contribution is 5.78. The van der Waals surface area contributed by atoms with Gasteiger partial charge in [-0.15, -0.1) is 0 Å². The first-order chi connectivity index (χ1) is 6.61. The average Bonchev–Trinajstić information content (AvgIpc) is 2.16. The van der Waals surface area contributed by atoms with E-state index in [0.717, 1.165) is 25.7 Å². The van der Waals surface area contributed by atoms with E-state index in [2.05, 4.69) is 12.2 Å². The van der Waals surface area contributed by atoms with Gasteiger partial charge in [-0.3, -0.25) is 4.79 Å². The number of unbranched alkanes of at least 4 members (excludes halogenated alkanes) is 1. The molecular weight excluding hydrogens is 178 g/mol. The summed E-state index contributed by atoms with van der Waals surface area (Å²) >= 11 is 0. The summed E-state index contributed by atoms with van der Waals surface area (Å²) in [4.78, 5) is 11.6. The molecule has 0 aliphatic rings. The fourth-order valence-corrected chi connectivity index (χ4v) is 1.36. The Balaban J connectivity index is 3.79. The third kappa shape index (κ3) is 5.97. The molecule has 0 aliphatic heterocycles. The van der Waals surface area contributed by atoms with Crippen molar-refractivity contribution in [3.8, 4) is 0 Å². The Morgan fingerprint density at radius 1 is 1.43 bits per heavy atom. The van der Waals surface area contributed by atoms with E-state index in [1.165, 1.54) is 0 Å². The summed E-state index contributed by atoms with van der Waals surface area (Å²) < 4.78 is 0. The van der Waals surface area contributed by atoms with Crippen molar-refractivity contribution < 1.29 is 9.90 Å². The molecule has 3 nitrogen and oxygen atoms in total. The summed E-state index contributed by atoms with van der Waals surface area (Å²) in [5.41, 5.74) is 0. The van der Waals surface area contributed by atoms with Crippen LogP contribution >= 0.6 is 0 Å². The molecule has 0 saturated heterocycles. The van der Waals surface area contributed by atoms with E-state index < -0.39 is 6.10 Å². The second kappa shape index (κ2) is 7.80. The van der Waals surface area contributed by atoms with Crippen LogP contribution in [0.1, 0.15) is 46.5 Å². The zero-order chi connectivity index (χ0) is 11.0. The predicted octanol–water partition coefficient (Wildman–Crippen LogP) is 1.70. The number of carbonyl (C=O) groups is 1. The minimum Gasteiger partial charge on any atom is -0.392 e. The first kappa shape index (κ1) is 13.4. The van der Waals surface area contributed by atoms with Gasteiger partial charge in [-0.2, -0.15) is 0 Å². The SMILES string of the molecule is CCCC[C@H](CC)C(=O)NC[C@@H](C)O. The van der Waals surface area contributed by atoms with Gasteiger partial charge < -0.3 is 10.4 Å². The maximum atomic E-state index is 11.6. The first-order valence-electron chi connectivity index (χ1n) is 5.57. The summed E-state index contributed by atoms with van der Waals surface area (Å²) in [7, 11) is 0. The van der Waals surface area contributed by atoms with E-state index in [-0.39, 0.29) is 11.8 Å². The predicted molar refractivity (Wildman–Crippen MR) is 58.0 cm³/mol. The fourth-order valence-electron chi connectivity index (χ4n) is 1.36. The van der Waals surface area contributed by atoms with Crippen molar-refractivity contribution in [2.24, 2.45) is 5.92 Å². The molecule has 0 radical (unpaired) electrons. The van der Waals surface area contributed by atoms with Crippen LogP contribution in [0, 0.1) is 5.92 Å². The lowest BCUT2D eigenvalue weighted by atomic mass is 9.98. The molecule has 0 aromatic rings. The van der Waals surface area contributed by atoms with Crippen LogP contribution in [0.5, 0.6) is 0 Å². The summed E-state index contributed by atoms with van der Waals surface area (Å²) in [5, 5.41) is 11.8.